The molecule has 2 unspecified atom stereocenters. The molecule has 0 saturated heterocycles. The Bertz CT molecular complexity index is 119. The van der Waals surface area contributed by atoms with Crippen LogP contribution in [0.5, 0.6) is 0 Å². The van der Waals surface area contributed by atoms with Crippen LogP contribution in [0.3, 0.4) is 0 Å². The fourth-order valence-corrected chi connectivity index (χ4v) is 1.39. The van der Waals surface area contributed by atoms with Gasteiger partial charge >= 0.3 is 0 Å². The Balaban J connectivity index is 3.98. The van der Waals surface area contributed by atoms with Gasteiger partial charge in [0.2, 0.25) is 0 Å². The van der Waals surface area contributed by atoms with Crippen molar-refractivity contribution in [2.75, 3.05) is 7.11 Å². The maximum Gasteiger partial charge on any atom is 0.0628 e. The van der Waals surface area contributed by atoms with Crippen LogP contribution in [0.1, 0.15) is 34.1 Å². The molecule has 0 rings (SSSR count). The molecule has 11 heavy (non-hydrogen) atoms. The highest BCUT2D eigenvalue weighted by atomic mass is 16.5. The monoisotopic (exact) mass is 156 g/mol. The molecule has 0 N–H and O–H groups in total. The minimum absolute atomic E-state index is 0.380. The first-order valence-electron chi connectivity index (χ1n) is 4.29. The van der Waals surface area contributed by atoms with Gasteiger partial charge in [0.15, 0.2) is 0 Å². The van der Waals surface area contributed by atoms with Crippen LogP contribution >= 0.6 is 0 Å². The van der Waals surface area contributed by atoms with Crippen LogP contribution in [0.15, 0.2) is 11.6 Å². The number of rotatable bonds is 4. The Kier molecular flexibility index (Phi) is 5.22. The first-order chi connectivity index (χ1) is 5.11. The topological polar surface area (TPSA) is 9.23 Å². The molecule has 1 nitrogen and oxygen atoms in total. The van der Waals surface area contributed by atoms with E-state index in [0.29, 0.717) is 12.0 Å². The van der Waals surface area contributed by atoms with E-state index in [1.807, 2.05) is 0 Å². The second kappa shape index (κ2) is 5.36. The van der Waals surface area contributed by atoms with Crippen molar-refractivity contribution in [2.24, 2.45) is 5.92 Å². The smallest absolute Gasteiger partial charge is 0.0628 e. The third-order valence-electron chi connectivity index (χ3n) is 1.89. The van der Waals surface area contributed by atoms with E-state index in [0.717, 1.165) is 6.42 Å². The lowest BCUT2D eigenvalue weighted by atomic mass is 10.0. The lowest BCUT2D eigenvalue weighted by Crippen LogP contribution is -2.17. The van der Waals surface area contributed by atoms with Crippen molar-refractivity contribution in [1.29, 1.82) is 0 Å². The molecule has 0 aliphatic rings. The van der Waals surface area contributed by atoms with Crippen LogP contribution in [0, 0.1) is 5.92 Å². The summed E-state index contributed by atoms with van der Waals surface area (Å²) in [4.78, 5) is 0. The van der Waals surface area contributed by atoms with Gasteiger partial charge in [-0.05, 0) is 20.3 Å². The highest BCUT2D eigenvalue weighted by Crippen LogP contribution is 2.13. The molecule has 0 aromatic heterocycles. The first-order valence-corrected chi connectivity index (χ1v) is 4.29. The van der Waals surface area contributed by atoms with E-state index in [1.165, 1.54) is 5.57 Å². The summed E-state index contributed by atoms with van der Waals surface area (Å²) >= 11 is 0. The minimum atomic E-state index is 0.380. The molecule has 0 aromatic carbocycles. The van der Waals surface area contributed by atoms with Gasteiger partial charge in [0.25, 0.3) is 0 Å². The fourth-order valence-electron chi connectivity index (χ4n) is 1.39. The van der Waals surface area contributed by atoms with Crippen molar-refractivity contribution in [3.63, 3.8) is 0 Å². The molecule has 0 saturated carbocycles. The quantitative estimate of drug-likeness (QED) is 0.568. The highest BCUT2D eigenvalue weighted by molar-refractivity contribution is 4.98. The Morgan fingerprint density at radius 2 is 2.00 bits per heavy atom. The zero-order valence-corrected chi connectivity index (χ0v) is 8.35. The van der Waals surface area contributed by atoms with Crippen molar-refractivity contribution in [3.05, 3.63) is 11.6 Å². The minimum Gasteiger partial charge on any atom is -0.381 e. The van der Waals surface area contributed by atoms with Gasteiger partial charge in [0.05, 0.1) is 6.10 Å². The second-order valence-electron chi connectivity index (χ2n) is 3.29. The Hall–Kier alpha value is -0.300. The maximum absolute atomic E-state index is 5.32. The Labute approximate surface area is 70.4 Å². The van der Waals surface area contributed by atoms with Gasteiger partial charge < -0.3 is 4.74 Å². The Morgan fingerprint density at radius 3 is 2.27 bits per heavy atom. The zero-order chi connectivity index (χ0) is 8.85. The van der Waals surface area contributed by atoms with E-state index in [4.69, 9.17) is 4.74 Å². The van der Waals surface area contributed by atoms with Crippen molar-refractivity contribution in [3.8, 4) is 0 Å². The second-order valence-corrected chi connectivity index (χ2v) is 3.29. The van der Waals surface area contributed by atoms with E-state index >= 15 is 0 Å². The molecule has 0 radical (unpaired) electrons. The number of methoxy groups -OCH3 is 1. The molecule has 2 atom stereocenters. The summed E-state index contributed by atoms with van der Waals surface area (Å²) in [6, 6.07) is 0. The summed E-state index contributed by atoms with van der Waals surface area (Å²) < 4.78 is 5.32. The molecule has 0 heterocycles. The molecule has 0 amide bonds. The third-order valence-corrected chi connectivity index (χ3v) is 1.89. The molecule has 0 aliphatic heterocycles. The van der Waals surface area contributed by atoms with E-state index in [9.17, 15) is 0 Å². The van der Waals surface area contributed by atoms with Gasteiger partial charge in [-0.25, -0.2) is 0 Å². The van der Waals surface area contributed by atoms with E-state index in [-0.39, 0.29) is 0 Å². The van der Waals surface area contributed by atoms with Crippen molar-refractivity contribution < 1.29 is 4.74 Å². The predicted octanol–water partition coefficient (Wildman–Crippen LogP) is 3.01. The zero-order valence-electron chi connectivity index (χ0n) is 8.35. The van der Waals surface area contributed by atoms with Crippen molar-refractivity contribution >= 4 is 0 Å². The number of hydrogen-bond acceptors (Lipinski definition) is 1. The number of allylic oxidation sites excluding steroid dienone is 1. The van der Waals surface area contributed by atoms with Gasteiger partial charge in [-0.15, -0.1) is 0 Å². The van der Waals surface area contributed by atoms with E-state index < -0.39 is 0 Å². The molecule has 1 heteroatoms. The lowest BCUT2D eigenvalue weighted by Gasteiger charge is -2.18. The van der Waals surface area contributed by atoms with Crippen LogP contribution in [0.2, 0.25) is 0 Å². The van der Waals surface area contributed by atoms with E-state index in [1.54, 1.807) is 7.11 Å². The molecular formula is C10H20O. The maximum atomic E-state index is 5.32. The molecule has 66 valence electrons. The summed E-state index contributed by atoms with van der Waals surface area (Å²) in [5.41, 5.74) is 1.37. The summed E-state index contributed by atoms with van der Waals surface area (Å²) in [6.45, 7) is 8.60. The lowest BCUT2D eigenvalue weighted by molar-refractivity contribution is 0.0711. The molecule has 0 bridgehead atoms. The predicted molar refractivity (Wildman–Crippen MR) is 49.7 cm³/mol. The molecular weight excluding hydrogens is 136 g/mol. The summed E-state index contributed by atoms with van der Waals surface area (Å²) in [6.07, 6.45) is 3.73. The van der Waals surface area contributed by atoms with Crippen LogP contribution in [-0.2, 0) is 4.74 Å². The van der Waals surface area contributed by atoms with Crippen LogP contribution in [0.25, 0.3) is 0 Å². The largest absolute Gasteiger partial charge is 0.381 e. The van der Waals surface area contributed by atoms with E-state index in [2.05, 4.69) is 33.8 Å². The van der Waals surface area contributed by atoms with Crippen molar-refractivity contribution in [2.45, 2.75) is 40.2 Å². The highest BCUT2D eigenvalue weighted by Gasteiger charge is 2.10. The molecule has 0 aliphatic carbocycles. The van der Waals surface area contributed by atoms with Crippen LogP contribution < -0.4 is 0 Å². The van der Waals surface area contributed by atoms with Gasteiger partial charge in [-0.2, -0.15) is 0 Å². The fraction of sp³-hybridized carbons (Fsp3) is 0.800. The van der Waals surface area contributed by atoms with Crippen molar-refractivity contribution in [1.82, 2.24) is 0 Å². The Morgan fingerprint density at radius 1 is 1.45 bits per heavy atom. The van der Waals surface area contributed by atoms with Gasteiger partial charge in [0, 0.05) is 13.0 Å². The average Bonchev–Trinajstić information content (AvgIpc) is 1.88. The van der Waals surface area contributed by atoms with Crippen LogP contribution in [0.4, 0.5) is 0 Å². The van der Waals surface area contributed by atoms with Gasteiger partial charge in [0.1, 0.15) is 0 Å². The summed E-state index contributed by atoms with van der Waals surface area (Å²) in [7, 11) is 1.78. The summed E-state index contributed by atoms with van der Waals surface area (Å²) in [5, 5.41) is 0. The van der Waals surface area contributed by atoms with Gasteiger partial charge in [-0.3, -0.25) is 0 Å². The number of ether oxygens (including phenoxy) is 1. The van der Waals surface area contributed by atoms with Crippen LogP contribution in [-0.4, -0.2) is 13.2 Å². The SMILES string of the molecule is CCC(OC)C(C)C=C(C)C. The van der Waals surface area contributed by atoms with Gasteiger partial charge in [-0.1, -0.05) is 25.5 Å². The standard InChI is InChI=1S/C10H20O/c1-6-10(11-5)9(4)7-8(2)3/h7,9-10H,6H2,1-5H3. The summed E-state index contributed by atoms with van der Waals surface area (Å²) in [5.74, 6) is 0.537. The molecule has 0 fully saturated rings. The first kappa shape index (κ1) is 10.7. The average molecular weight is 156 g/mol. The molecule has 0 spiro atoms. The number of hydrogen-bond donors (Lipinski definition) is 0. The third kappa shape index (κ3) is 4.20. The molecule has 0 aromatic rings. The normalized spacial score (nSPS) is 15.7.